The molecule has 0 atom stereocenters. The van der Waals surface area contributed by atoms with Crippen molar-refractivity contribution in [2.75, 3.05) is 0 Å². The first kappa shape index (κ1) is 13.8. The van der Waals surface area contributed by atoms with Crippen molar-refractivity contribution in [3.63, 3.8) is 0 Å². The maximum Gasteiger partial charge on any atom is 0.328 e. The predicted octanol–water partition coefficient (Wildman–Crippen LogP) is 4.28. The van der Waals surface area contributed by atoms with E-state index in [4.69, 9.17) is 5.11 Å². The van der Waals surface area contributed by atoms with Crippen LogP contribution in [0.15, 0.2) is 46.0 Å². The average molecular weight is 294 g/mol. The largest absolute Gasteiger partial charge is 0.478 e. The van der Waals surface area contributed by atoms with Gasteiger partial charge in [-0.15, -0.1) is 23.1 Å². The van der Waals surface area contributed by atoms with Crippen molar-refractivity contribution in [3.05, 3.63) is 58.7 Å². The van der Waals surface area contributed by atoms with Crippen molar-refractivity contribution in [1.82, 2.24) is 0 Å². The van der Waals surface area contributed by atoms with E-state index in [1.807, 2.05) is 17.5 Å². The number of hydrogen-bond acceptors (Lipinski definition) is 3. The number of aliphatic carboxylic acids is 1. The van der Waals surface area contributed by atoms with Crippen LogP contribution in [-0.2, 0) is 10.5 Å². The van der Waals surface area contributed by atoms with Crippen LogP contribution in [0.1, 0.15) is 11.1 Å². The first-order valence-electron chi connectivity index (χ1n) is 5.51. The van der Waals surface area contributed by atoms with Crippen molar-refractivity contribution < 1.29 is 14.3 Å². The van der Waals surface area contributed by atoms with Gasteiger partial charge in [0, 0.05) is 17.4 Å². The summed E-state index contributed by atoms with van der Waals surface area (Å²) < 4.78 is 14.7. The fourth-order valence-corrected chi connectivity index (χ4v) is 3.20. The van der Waals surface area contributed by atoms with E-state index in [1.165, 1.54) is 16.4 Å². The SMILES string of the molecule is O=C(O)C=Cc1cc(CSc2cccs2)ccc1F. The highest BCUT2D eigenvalue weighted by atomic mass is 32.2. The number of halogens is 1. The minimum atomic E-state index is -1.09. The van der Waals surface area contributed by atoms with E-state index in [-0.39, 0.29) is 0 Å². The molecule has 1 aromatic carbocycles. The molecule has 0 saturated carbocycles. The zero-order chi connectivity index (χ0) is 13.7. The molecule has 0 spiro atoms. The Morgan fingerprint density at radius 2 is 2.26 bits per heavy atom. The van der Waals surface area contributed by atoms with Crippen LogP contribution in [0.4, 0.5) is 4.39 Å². The van der Waals surface area contributed by atoms with Crippen LogP contribution >= 0.6 is 23.1 Å². The van der Waals surface area contributed by atoms with Crippen molar-refractivity contribution in [1.29, 1.82) is 0 Å². The molecule has 0 amide bonds. The molecule has 98 valence electrons. The van der Waals surface area contributed by atoms with Gasteiger partial charge in [-0.25, -0.2) is 9.18 Å². The Balaban J connectivity index is 2.09. The number of carboxylic acids is 1. The minimum Gasteiger partial charge on any atom is -0.478 e. The number of thioether (sulfide) groups is 1. The molecule has 0 bridgehead atoms. The lowest BCUT2D eigenvalue weighted by molar-refractivity contribution is -0.131. The maximum atomic E-state index is 13.5. The molecule has 2 aromatic rings. The summed E-state index contributed by atoms with van der Waals surface area (Å²) in [6.45, 7) is 0. The van der Waals surface area contributed by atoms with Gasteiger partial charge in [0.05, 0.1) is 4.21 Å². The summed E-state index contributed by atoms with van der Waals surface area (Å²) in [5.41, 5.74) is 1.26. The summed E-state index contributed by atoms with van der Waals surface area (Å²) in [6.07, 6.45) is 2.21. The smallest absolute Gasteiger partial charge is 0.328 e. The van der Waals surface area contributed by atoms with Crippen molar-refractivity contribution >= 4 is 35.1 Å². The average Bonchev–Trinajstić information content (AvgIpc) is 2.89. The first-order valence-corrected chi connectivity index (χ1v) is 7.37. The van der Waals surface area contributed by atoms with Crippen LogP contribution in [-0.4, -0.2) is 11.1 Å². The second-order valence-corrected chi connectivity index (χ2v) is 5.97. The maximum absolute atomic E-state index is 13.5. The van der Waals surface area contributed by atoms with E-state index < -0.39 is 11.8 Å². The third kappa shape index (κ3) is 4.22. The van der Waals surface area contributed by atoms with Crippen molar-refractivity contribution in [2.24, 2.45) is 0 Å². The lowest BCUT2D eigenvalue weighted by Crippen LogP contribution is -1.89. The zero-order valence-electron chi connectivity index (χ0n) is 9.88. The molecule has 0 radical (unpaired) electrons. The molecule has 5 heteroatoms. The van der Waals surface area contributed by atoms with Gasteiger partial charge in [0.25, 0.3) is 0 Å². The molecule has 2 rings (SSSR count). The third-order valence-electron chi connectivity index (χ3n) is 2.34. The van der Waals surface area contributed by atoms with Crippen LogP contribution < -0.4 is 0 Å². The fourth-order valence-electron chi connectivity index (χ4n) is 1.47. The molecular formula is C14H11FO2S2. The third-order valence-corrected chi connectivity index (χ3v) is 4.54. The highest BCUT2D eigenvalue weighted by Crippen LogP contribution is 2.27. The summed E-state index contributed by atoms with van der Waals surface area (Å²) in [4.78, 5) is 10.4. The molecule has 1 N–H and O–H groups in total. The Hall–Kier alpha value is -1.59. The lowest BCUT2D eigenvalue weighted by atomic mass is 10.1. The molecule has 2 nitrogen and oxygen atoms in total. The molecule has 0 aliphatic rings. The van der Waals surface area contributed by atoms with E-state index in [0.29, 0.717) is 5.56 Å². The normalized spacial score (nSPS) is 11.0. The van der Waals surface area contributed by atoms with Crippen molar-refractivity contribution in [2.45, 2.75) is 9.96 Å². The van der Waals surface area contributed by atoms with Gasteiger partial charge < -0.3 is 5.11 Å². The minimum absolute atomic E-state index is 0.298. The summed E-state index contributed by atoms with van der Waals surface area (Å²) in [6, 6.07) is 8.78. The molecule has 0 unspecified atom stereocenters. The van der Waals surface area contributed by atoms with Crippen LogP contribution in [0.5, 0.6) is 0 Å². The Morgan fingerprint density at radius 1 is 1.42 bits per heavy atom. The molecule has 19 heavy (non-hydrogen) atoms. The lowest BCUT2D eigenvalue weighted by Gasteiger charge is -2.03. The number of rotatable bonds is 5. The number of hydrogen-bond donors (Lipinski definition) is 1. The monoisotopic (exact) mass is 294 g/mol. The molecular weight excluding hydrogens is 283 g/mol. The summed E-state index contributed by atoms with van der Waals surface area (Å²) in [7, 11) is 0. The second-order valence-electron chi connectivity index (χ2n) is 3.75. The summed E-state index contributed by atoms with van der Waals surface area (Å²) in [5.74, 6) is -0.769. The molecule has 0 aliphatic heterocycles. The topological polar surface area (TPSA) is 37.3 Å². The Kier molecular flexibility index (Phi) is 4.76. The highest BCUT2D eigenvalue weighted by molar-refractivity contribution is 8.00. The Bertz CT molecular complexity index is 591. The van der Waals surface area contributed by atoms with Gasteiger partial charge in [0.15, 0.2) is 0 Å². The van der Waals surface area contributed by atoms with Crippen molar-refractivity contribution in [3.8, 4) is 0 Å². The van der Waals surface area contributed by atoms with Crippen LogP contribution in [0.3, 0.4) is 0 Å². The Morgan fingerprint density at radius 3 is 2.95 bits per heavy atom. The highest BCUT2D eigenvalue weighted by Gasteiger charge is 2.03. The zero-order valence-corrected chi connectivity index (χ0v) is 11.5. The number of thiophene rings is 1. The van der Waals surface area contributed by atoms with Crippen LogP contribution in [0, 0.1) is 5.82 Å². The van der Waals surface area contributed by atoms with Gasteiger partial charge in [-0.2, -0.15) is 0 Å². The quantitative estimate of drug-likeness (QED) is 0.660. The molecule has 0 fully saturated rings. The molecule has 0 aliphatic carbocycles. The molecule has 1 aromatic heterocycles. The Labute approximate surface area is 118 Å². The van der Waals surface area contributed by atoms with Crippen LogP contribution in [0.25, 0.3) is 6.08 Å². The van der Waals surface area contributed by atoms with Gasteiger partial charge >= 0.3 is 5.97 Å². The van der Waals surface area contributed by atoms with E-state index in [1.54, 1.807) is 35.2 Å². The van der Waals surface area contributed by atoms with E-state index in [2.05, 4.69) is 0 Å². The standard InChI is InChI=1S/C14H11FO2S2/c15-12-5-3-10(8-11(12)4-6-13(16)17)9-19-14-2-1-7-18-14/h1-8H,9H2,(H,16,17). The van der Waals surface area contributed by atoms with Gasteiger partial charge in [0.1, 0.15) is 5.82 Å². The van der Waals surface area contributed by atoms with Gasteiger partial charge in [-0.05, 0) is 35.2 Å². The fraction of sp³-hybridized carbons (Fsp3) is 0.0714. The first-order chi connectivity index (χ1) is 9.15. The van der Waals surface area contributed by atoms with E-state index in [9.17, 15) is 9.18 Å². The summed E-state index contributed by atoms with van der Waals surface area (Å²) >= 11 is 3.34. The number of carboxylic acid groups (broad SMARTS) is 1. The molecule has 0 saturated heterocycles. The van der Waals surface area contributed by atoms with E-state index in [0.717, 1.165) is 17.4 Å². The molecule has 1 heterocycles. The second kappa shape index (κ2) is 6.54. The number of benzene rings is 1. The van der Waals surface area contributed by atoms with Gasteiger partial charge in [-0.1, -0.05) is 12.1 Å². The van der Waals surface area contributed by atoms with Crippen LogP contribution in [0.2, 0.25) is 0 Å². The summed E-state index contributed by atoms with van der Waals surface area (Å²) in [5, 5.41) is 10.6. The van der Waals surface area contributed by atoms with Gasteiger partial charge in [0.2, 0.25) is 0 Å². The van der Waals surface area contributed by atoms with E-state index >= 15 is 0 Å². The predicted molar refractivity (Wildman–Crippen MR) is 76.9 cm³/mol. The van der Waals surface area contributed by atoms with Gasteiger partial charge in [-0.3, -0.25) is 0 Å². The number of carbonyl (C=O) groups is 1.